The molecule has 2 N–H and O–H groups in total. The maximum atomic E-state index is 6.12. The molecule has 0 aliphatic heterocycles. The molecule has 0 saturated heterocycles. The van der Waals surface area contributed by atoms with Crippen molar-refractivity contribution in [3.8, 4) is 0 Å². The lowest BCUT2D eigenvalue weighted by atomic mass is 9.84. The largest absolute Gasteiger partial charge is 0.327 e. The van der Waals surface area contributed by atoms with Crippen LogP contribution in [0.15, 0.2) is 12.4 Å². The normalized spacial score (nSPS) is 14.1. The SMILES string of the molecule is Cn1cc(CCCCC(N)C(C)(C)C)cn1. The van der Waals surface area contributed by atoms with Crippen molar-refractivity contribution < 1.29 is 0 Å². The van der Waals surface area contributed by atoms with Crippen LogP contribution in [0.25, 0.3) is 0 Å². The third kappa shape index (κ3) is 4.35. The molecule has 1 heterocycles. The molecule has 0 aliphatic carbocycles. The second-order valence-electron chi connectivity index (χ2n) is 5.74. The molecule has 3 heteroatoms. The summed E-state index contributed by atoms with van der Waals surface area (Å²) in [4.78, 5) is 0. The Hall–Kier alpha value is -0.830. The topological polar surface area (TPSA) is 43.8 Å². The first-order chi connectivity index (χ1) is 7.39. The van der Waals surface area contributed by atoms with Gasteiger partial charge < -0.3 is 5.73 Å². The summed E-state index contributed by atoms with van der Waals surface area (Å²) in [7, 11) is 1.96. The number of nitrogens with zero attached hydrogens (tertiary/aromatic N) is 2. The Kier molecular flexibility index (Phi) is 4.54. The summed E-state index contributed by atoms with van der Waals surface area (Å²) < 4.78 is 1.86. The van der Waals surface area contributed by atoms with E-state index in [1.165, 1.54) is 18.4 Å². The lowest BCUT2D eigenvalue weighted by Crippen LogP contribution is -2.34. The molecule has 1 rings (SSSR count). The van der Waals surface area contributed by atoms with E-state index in [1.54, 1.807) is 0 Å². The highest BCUT2D eigenvalue weighted by Crippen LogP contribution is 2.21. The van der Waals surface area contributed by atoms with E-state index < -0.39 is 0 Å². The predicted octanol–water partition coefficient (Wildman–Crippen LogP) is 2.51. The molecule has 0 spiro atoms. The molecule has 0 aromatic carbocycles. The van der Waals surface area contributed by atoms with Gasteiger partial charge in [0.05, 0.1) is 6.20 Å². The molecule has 0 aliphatic rings. The Bertz CT molecular complexity index is 309. The molecule has 0 bridgehead atoms. The van der Waals surface area contributed by atoms with E-state index in [1.807, 2.05) is 17.9 Å². The van der Waals surface area contributed by atoms with Gasteiger partial charge >= 0.3 is 0 Å². The highest BCUT2D eigenvalue weighted by Gasteiger charge is 2.19. The fraction of sp³-hybridized carbons (Fsp3) is 0.769. The van der Waals surface area contributed by atoms with Crippen molar-refractivity contribution in [2.45, 2.75) is 52.5 Å². The highest BCUT2D eigenvalue weighted by atomic mass is 15.2. The summed E-state index contributed by atoms with van der Waals surface area (Å²) in [6.07, 6.45) is 8.67. The maximum Gasteiger partial charge on any atom is 0.0521 e. The van der Waals surface area contributed by atoms with Gasteiger partial charge in [0.25, 0.3) is 0 Å². The lowest BCUT2D eigenvalue weighted by Gasteiger charge is -2.26. The second-order valence-corrected chi connectivity index (χ2v) is 5.74. The molecule has 0 fully saturated rings. The molecule has 1 aromatic rings. The highest BCUT2D eigenvalue weighted by molar-refractivity contribution is 5.03. The monoisotopic (exact) mass is 223 g/mol. The van der Waals surface area contributed by atoms with E-state index in [-0.39, 0.29) is 5.41 Å². The molecule has 0 amide bonds. The first kappa shape index (κ1) is 13.2. The summed E-state index contributed by atoms with van der Waals surface area (Å²) >= 11 is 0. The van der Waals surface area contributed by atoms with Crippen LogP contribution in [0.1, 0.15) is 45.6 Å². The Morgan fingerprint density at radius 3 is 2.56 bits per heavy atom. The lowest BCUT2D eigenvalue weighted by molar-refractivity contribution is 0.299. The van der Waals surface area contributed by atoms with Gasteiger partial charge in [-0.2, -0.15) is 5.10 Å². The van der Waals surface area contributed by atoms with E-state index in [0.717, 1.165) is 12.8 Å². The summed E-state index contributed by atoms with van der Waals surface area (Å²) in [5.74, 6) is 0. The summed E-state index contributed by atoms with van der Waals surface area (Å²) in [6, 6.07) is 0.307. The van der Waals surface area contributed by atoms with E-state index >= 15 is 0 Å². The Morgan fingerprint density at radius 2 is 2.06 bits per heavy atom. The number of nitrogens with two attached hydrogens (primary N) is 1. The predicted molar refractivity (Wildman–Crippen MR) is 68.2 cm³/mol. The molecular formula is C13H25N3. The molecule has 16 heavy (non-hydrogen) atoms. The zero-order valence-electron chi connectivity index (χ0n) is 11.0. The van der Waals surface area contributed by atoms with Crippen molar-refractivity contribution in [1.82, 2.24) is 9.78 Å². The zero-order chi connectivity index (χ0) is 12.2. The molecule has 1 unspecified atom stereocenters. The molecule has 92 valence electrons. The van der Waals surface area contributed by atoms with Crippen molar-refractivity contribution in [3.63, 3.8) is 0 Å². The number of aromatic nitrogens is 2. The Morgan fingerprint density at radius 1 is 1.38 bits per heavy atom. The van der Waals surface area contributed by atoms with Crippen molar-refractivity contribution in [1.29, 1.82) is 0 Å². The average molecular weight is 223 g/mol. The first-order valence-corrected chi connectivity index (χ1v) is 6.12. The maximum absolute atomic E-state index is 6.12. The molecule has 0 radical (unpaired) electrons. The third-order valence-corrected chi connectivity index (χ3v) is 3.10. The molecular weight excluding hydrogens is 198 g/mol. The minimum Gasteiger partial charge on any atom is -0.327 e. The van der Waals surface area contributed by atoms with Gasteiger partial charge in [-0.25, -0.2) is 0 Å². The summed E-state index contributed by atoms with van der Waals surface area (Å²) in [5.41, 5.74) is 7.67. The van der Waals surface area contributed by atoms with E-state index in [4.69, 9.17) is 5.73 Å². The van der Waals surface area contributed by atoms with Crippen LogP contribution in [-0.4, -0.2) is 15.8 Å². The van der Waals surface area contributed by atoms with Gasteiger partial charge in [0.15, 0.2) is 0 Å². The Balaban J connectivity index is 2.17. The van der Waals surface area contributed by atoms with Crippen LogP contribution in [0, 0.1) is 5.41 Å². The van der Waals surface area contributed by atoms with Crippen molar-refractivity contribution >= 4 is 0 Å². The fourth-order valence-electron chi connectivity index (χ4n) is 1.73. The van der Waals surface area contributed by atoms with Crippen molar-refractivity contribution in [2.24, 2.45) is 18.2 Å². The number of aryl methyl sites for hydroxylation is 2. The second kappa shape index (κ2) is 5.48. The summed E-state index contributed by atoms with van der Waals surface area (Å²) in [6.45, 7) is 6.62. The van der Waals surface area contributed by atoms with Crippen LogP contribution >= 0.6 is 0 Å². The molecule has 3 nitrogen and oxygen atoms in total. The van der Waals surface area contributed by atoms with Crippen LogP contribution in [-0.2, 0) is 13.5 Å². The minimum atomic E-state index is 0.230. The Labute approximate surface area is 99.0 Å². The zero-order valence-corrected chi connectivity index (χ0v) is 11.0. The van der Waals surface area contributed by atoms with Crippen LogP contribution in [0.2, 0.25) is 0 Å². The van der Waals surface area contributed by atoms with Crippen LogP contribution < -0.4 is 5.73 Å². The smallest absolute Gasteiger partial charge is 0.0521 e. The first-order valence-electron chi connectivity index (χ1n) is 6.12. The molecule has 1 aromatic heterocycles. The summed E-state index contributed by atoms with van der Waals surface area (Å²) in [5, 5.41) is 4.16. The standard InChI is InChI=1S/C13H25N3/c1-13(2,3)12(14)8-6-5-7-11-9-15-16(4)10-11/h9-10,12H,5-8,14H2,1-4H3. The number of rotatable bonds is 5. The van der Waals surface area contributed by atoms with Gasteiger partial charge in [0.2, 0.25) is 0 Å². The number of unbranched alkanes of at least 4 members (excludes halogenated alkanes) is 1. The van der Waals surface area contributed by atoms with Gasteiger partial charge in [-0.15, -0.1) is 0 Å². The van der Waals surface area contributed by atoms with Crippen LogP contribution in [0.3, 0.4) is 0 Å². The molecule has 1 atom stereocenters. The van der Waals surface area contributed by atoms with Gasteiger partial charge in [-0.05, 0) is 30.2 Å². The quantitative estimate of drug-likeness (QED) is 0.779. The van der Waals surface area contributed by atoms with Gasteiger partial charge in [0, 0.05) is 19.3 Å². The van der Waals surface area contributed by atoms with Gasteiger partial charge in [-0.3, -0.25) is 4.68 Å². The van der Waals surface area contributed by atoms with E-state index in [0.29, 0.717) is 6.04 Å². The van der Waals surface area contributed by atoms with E-state index in [2.05, 4.69) is 32.1 Å². The van der Waals surface area contributed by atoms with E-state index in [9.17, 15) is 0 Å². The number of hydrogen-bond acceptors (Lipinski definition) is 2. The van der Waals surface area contributed by atoms with Gasteiger partial charge in [-0.1, -0.05) is 27.2 Å². The van der Waals surface area contributed by atoms with Crippen molar-refractivity contribution in [2.75, 3.05) is 0 Å². The minimum absolute atomic E-state index is 0.230. The van der Waals surface area contributed by atoms with Crippen LogP contribution in [0.4, 0.5) is 0 Å². The average Bonchev–Trinajstić information content (AvgIpc) is 2.57. The van der Waals surface area contributed by atoms with Gasteiger partial charge in [0.1, 0.15) is 0 Å². The third-order valence-electron chi connectivity index (χ3n) is 3.10. The fourth-order valence-corrected chi connectivity index (χ4v) is 1.73. The van der Waals surface area contributed by atoms with Crippen LogP contribution in [0.5, 0.6) is 0 Å². The molecule has 0 saturated carbocycles. The van der Waals surface area contributed by atoms with Crippen molar-refractivity contribution in [3.05, 3.63) is 18.0 Å². The number of hydrogen-bond donors (Lipinski definition) is 1.